The van der Waals surface area contributed by atoms with E-state index in [9.17, 15) is 4.79 Å². The van der Waals surface area contributed by atoms with E-state index < -0.39 is 0 Å². The number of hydrogen-bond acceptors (Lipinski definition) is 7. The molecule has 7 nitrogen and oxygen atoms in total. The number of para-hydroxylation sites is 1. The van der Waals surface area contributed by atoms with E-state index in [0.29, 0.717) is 47.7 Å². The molecule has 0 spiro atoms. The maximum Gasteiger partial charge on any atom is 0.260 e. The molecule has 0 saturated carbocycles. The Morgan fingerprint density at radius 2 is 1.67 bits per heavy atom. The van der Waals surface area contributed by atoms with Crippen LogP contribution in [0.1, 0.15) is 15.9 Å². The highest BCUT2D eigenvalue weighted by Gasteiger charge is 2.23. The van der Waals surface area contributed by atoms with Gasteiger partial charge in [-0.15, -0.1) is 0 Å². The summed E-state index contributed by atoms with van der Waals surface area (Å²) in [6.07, 6.45) is 3.47. The van der Waals surface area contributed by atoms with E-state index in [2.05, 4.69) is 4.98 Å². The van der Waals surface area contributed by atoms with E-state index in [1.807, 2.05) is 54.6 Å². The van der Waals surface area contributed by atoms with E-state index in [4.69, 9.17) is 19.2 Å². The first kappa shape index (κ1) is 22.1. The number of carbonyl (C=O) groups excluding carboxylic acids is 1. The van der Waals surface area contributed by atoms with Crippen LogP contribution in [0.15, 0.2) is 91.3 Å². The summed E-state index contributed by atoms with van der Waals surface area (Å²) in [4.78, 5) is 24.4. The van der Waals surface area contributed by atoms with E-state index >= 15 is 0 Å². The van der Waals surface area contributed by atoms with Crippen LogP contribution in [-0.4, -0.2) is 29.1 Å². The second kappa shape index (κ2) is 9.67. The van der Waals surface area contributed by atoms with E-state index in [1.54, 1.807) is 41.6 Å². The third-order valence-electron chi connectivity index (χ3n) is 5.66. The van der Waals surface area contributed by atoms with Crippen LogP contribution < -0.4 is 19.1 Å². The van der Waals surface area contributed by atoms with Gasteiger partial charge >= 0.3 is 0 Å². The Hall–Kier alpha value is -4.43. The summed E-state index contributed by atoms with van der Waals surface area (Å²) in [6, 6.07) is 24.2. The first-order chi connectivity index (χ1) is 17.7. The largest absolute Gasteiger partial charge is 0.486 e. The number of fused-ring (bicyclic) bond motifs is 2. The summed E-state index contributed by atoms with van der Waals surface area (Å²) in [7, 11) is 0. The van der Waals surface area contributed by atoms with Gasteiger partial charge in [-0.1, -0.05) is 35.6 Å². The molecule has 0 atom stereocenters. The predicted octanol–water partition coefficient (Wildman–Crippen LogP) is 6.10. The maximum absolute atomic E-state index is 13.7. The van der Waals surface area contributed by atoms with Crippen molar-refractivity contribution in [2.75, 3.05) is 18.1 Å². The van der Waals surface area contributed by atoms with Gasteiger partial charge in [0.25, 0.3) is 5.91 Å². The molecule has 2 aromatic heterocycles. The SMILES string of the molecule is O=C(c1ccc(Oc2ccccc2)cc1)N(Cc1cccnc1)c1nc2cc3c(cc2s1)OCCO3. The fourth-order valence-corrected chi connectivity index (χ4v) is 4.89. The summed E-state index contributed by atoms with van der Waals surface area (Å²) >= 11 is 1.44. The maximum atomic E-state index is 13.7. The number of nitrogens with zero attached hydrogens (tertiary/aromatic N) is 3. The van der Waals surface area contributed by atoms with Crippen LogP contribution in [-0.2, 0) is 6.54 Å². The van der Waals surface area contributed by atoms with Crippen LogP contribution in [0.2, 0.25) is 0 Å². The Balaban J connectivity index is 1.32. The molecule has 1 aliphatic heterocycles. The molecule has 0 aliphatic carbocycles. The lowest BCUT2D eigenvalue weighted by Gasteiger charge is -2.20. The topological polar surface area (TPSA) is 73.8 Å². The Kier molecular flexibility index (Phi) is 5.93. The Bertz CT molecular complexity index is 1460. The number of benzene rings is 3. The lowest BCUT2D eigenvalue weighted by Crippen LogP contribution is -2.30. The van der Waals surface area contributed by atoms with Crippen molar-refractivity contribution < 1.29 is 19.0 Å². The van der Waals surface area contributed by atoms with Gasteiger partial charge in [-0.25, -0.2) is 4.98 Å². The van der Waals surface area contributed by atoms with Crippen LogP contribution in [0.5, 0.6) is 23.0 Å². The van der Waals surface area contributed by atoms with Crippen molar-refractivity contribution in [1.82, 2.24) is 9.97 Å². The van der Waals surface area contributed by atoms with Gasteiger partial charge in [0.15, 0.2) is 16.6 Å². The summed E-state index contributed by atoms with van der Waals surface area (Å²) in [5.74, 6) is 2.59. The van der Waals surface area contributed by atoms with Crippen LogP contribution >= 0.6 is 11.3 Å². The van der Waals surface area contributed by atoms with Crippen molar-refractivity contribution in [3.63, 3.8) is 0 Å². The number of thiazole rings is 1. The Labute approximate surface area is 211 Å². The van der Waals surface area contributed by atoms with Crippen molar-refractivity contribution >= 4 is 32.6 Å². The highest BCUT2D eigenvalue weighted by Crippen LogP contribution is 2.39. The van der Waals surface area contributed by atoms with E-state index in [-0.39, 0.29) is 5.91 Å². The molecule has 0 fully saturated rings. The zero-order valence-corrected chi connectivity index (χ0v) is 20.0. The van der Waals surface area contributed by atoms with Gasteiger partial charge in [0, 0.05) is 30.1 Å². The number of carbonyl (C=O) groups is 1. The smallest absolute Gasteiger partial charge is 0.260 e. The number of rotatable bonds is 6. The standard InChI is InChI=1S/C28H21N3O4S/c32-27(20-8-10-22(11-9-20)35-21-6-2-1-3-7-21)31(18-19-5-4-12-29-17-19)28-30-23-15-24-25(16-26(23)36-28)34-14-13-33-24/h1-12,15-17H,13-14,18H2. The van der Waals surface area contributed by atoms with Crippen LogP contribution in [0, 0.1) is 0 Å². The lowest BCUT2D eigenvalue weighted by atomic mass is 10.1. The van der Waals surface area contributed by atoms with Crippen molar-refractivity contribution in [3.8, 4) is 23.0 Å². The Morgan fingerprint density at radius 1 is 0.917 bits per heavy atom. The van der Waals surface area contributed by atoms with Gasteiger partial charge in [0.2, 0.25) is 0 Å². The van der Waals surface area contributed by atoms with Gasteiger partial charge in [-0.05, 0) is 48.0 Å². The minimum absolute atomic E-state index is 0.165. The number of hydrogen-bond donors (Lipinski definition) is 0. The van der Waals surface area contributed by atoms with Gasteiger partial charge in [-0.2, -0.15) is 0 Å². The molecule has 1 aliphatic rings. The monoisotopic (exact) mass is 495 g/mol. The molecule has 5 aromatic rings. The second-order valence-electron chi connectivity index (χ2n) is 8.15. The molecule has 0 bridgehead atoms. The average molecular weight is 496 g/mol. The van der Waals surface area contributed by atoms with Gasteiger partial charge in [-0.3, -0.25) is 14.7 Å². The number of amides is 1. The van der Waals surface area contributed by atoms with E-state index in [0.717, 1.165) is 21.5 Å². The van der Waals surface area contributed by atoms with Gasteiger partial charge in [0.1, 0.15) is 24.7 Å². The molecule has 0 saturated heterocycles. The van der Waals surface area contributed by atoms with E-state index in [1.165, 1.54) is 11.3 Å². The zero-order valence-electron chi connectivity index (χ0n) is 19.2. The molecule has 6 rings (SSSR count). The molecule has 0 unspecified atom stereocenters. The van der Waals surface area contributed by atoms with Crippen molar-refractivity contribution in [2.45, 2.75) is 6.54 Å². The number of aromatic nitrogens is 2. The minimum atomic E-state index is -0.165. The third kappa shape index (κ3) is 4.58. The first-order valence-corrected chi connectivity index (χ1v) is 12.3. The predicted molar refractivity (Wildman–Crippen MR) is 138 cm³/mol. The lowest BCUT2D eigenvalue weighted by molar-refractivity contribution is 0.0985. The Morgan fingerprint density at radius 3 is 2.42 bits per heavy atom. The molecule has 3 aromatic carbocycles. The highest BCUT2D eigenvalue weighted by atomic mass is 32.1. The van der Waals surface area contributed by atoms with Crippen LogP contribution in [0.25, 0.3) is 10.2 Å². The molecular weight excluding hydrogens is 474 g/mol. The number of pyridine rings is 1. The highest BCUT2D eigenvalue weighted by molar-refractivity contribution is 7.22. The minimum Gasteiger partial charge on any atom is -0.486 e. The molecule has 8 heteroatoms. The summed E-state index contributed by atoms with van der Waals surface area (Å²) < 4.78 is 18.2. The normalized spacial score (nSPS) is 12.3. The first-order valence-electron chi connectivity index (χ1n) is 11.5. The molecule has 0 radical (unpaired) electrons. The molecule has 0 N–H and O–H groups in total. The van der Waals surface area contributed by atoms with Crippen molar-refractivity contribution in [3.05, 3.63) is 102 Å². The third-order valence-corrected chi connectivity index (χ3v) is 6.70. The number of ether oxygens (including phenoxy) is 3. The van der Waals surface area contributed by atoms with Crippen molar-refractivity contribution in [2.24, 2.45) is 0 Å². The quantitative estimate of drug-likeness (QED) is 0.283. The van der Waals surface area contributed by atoms with Crippen molar-refractivity contribution in [1.29, 1.82) is 0 Å². The van der Waals surface area contributed by atoms with Crippen LogP contribution in [0.4, 0.5) is 5.13 Å². The van der Waals surface area contributed by atoms with Gasteiger partial charge in [0.05, 0.1) is 16.8 Å². The van der Waals surface area contributed by atoms with Gasteiger partial charge < -0.3 is 14.2 Å². The molecule has 36 heavy (non-hydrogen) atoms. The summed E-state index contributed by atoms with van der Waals surface area (Å²) in [5, 5.41) is 0.589. The molecule has 178 valence electrons. The fourth-order valence-electron chi connectivity index (χ4n) is 3.91. The number of anilines is 1. The summed E-state index contributed by atoms with van der Waals surface area (Å²) in [6.45, 7) is 1.35. The molecule has 1 amide bonds. The fraction of sp³-hybridized carbons (Fsp3) is 0.107. The zero-order chi connectivity index (χ0) is 24.3. The van der Waals surface area contributed by atoms with Crippen LogP contribution in [0.3, 0.4) is 0 Å². The molecule has 3 heterocycles. The average Bonchev–Trinajstić information content (AvgIpc) is 3.34. The molecular formula is C28H21N3O4S. The summed E-state index contributed by atoms with van der Waals surface area (Å²) in [5.41, 5.74) is 2.19. The second-order valence-corrected chi connectivity index (χ2v) is 9.16.